The number of para-hydroxylation sites is 1. The summed E-state index contributed by atoms with van der Waals surface area (Å²) in [5.74, 6) is -1.58. The number of carbonyl (C=O) groups is 1. The van der Waals surface area contributed by atoms with Crippen molar-refractivity contribution in [3.63, 3.8) is 0 Å². The zero-order valence-electron chi connectivity index (χ0n) is 16.7. The van der Waals surface area contributed by atoms with Gasteiger partial charge in [-0.05, 0) is 43.2 Å². The maximum Gasteiger partial charge on any atom is 0.335 e. The highest BCUT2D eigenvalue weighted by Gasteiger charge is 2.20. The number of hydrazone groups is 1. The van der Waals surface area contributed by atoms with Crippen LogP contribution in [0, 0.1) is 24.0 Å². The number of nitro groups is 1. The Balaban J connectivity index is 1.99. The van der Waals surface area contributed by atoms with E-state index in [1.54, 1.807) is 19.1 Å². The Bertz CT molecular complexity index is 1390. The van der Waals surface area contributed by atoms with Gasteiger partial charge in [-0.25, -0.2) is 14.8 Å². The molecule has 1 amide bonds. The van der Waals surface area contributed by atoms with Crippen molar-refractivity contribution >= 4 is 33.7 Å². The molecular weight excluding hydrogens is 486 g/mol. The molecule has 0 radical (unpaired) electrons. The predicted octanol–water partition coefficient (Wildman–Crippen LogP) is 2.28. The molecular formula is C20H16BrN5O6. The van der Waals surface area contributed by atoms with Crippen molar-refractivity contribution in [2.24, 2.45) is 5.10 Å². The first kappa shape index (κ1) is 22.6. The lowest BCUT2D eigenvalue weighted by atomic mass is 10.1. The van der Waals surface area contributed by atoms with E-state index >= 15 is 0 Å². The zero-order chi connectivity index (χ0) is 23.6. The van der Waals surface area contributed by atoms with Crippen molar-refractivity contribution in [2.45, 2.75) is 13.8 Å². The van der Waals surface area contributed by atoms with Gasteiger partial charge >= 0.3 is 5.69 Å². The third kappa shape index (κ3) is 4.21. The van der Waals surface area contributed by atoms with Gasteiger partial charge in [-0.15, -0.1) is 0 Å². The largest absolute Gasteiger partial charge is 0.493 e. The fourth-order valence-electron chi connectivity index (χ4n) is 2.93. The minimum absolute atomic E-state index is 0.237. The van der Waals surface area contributed by atoms with E-state index in [1.807, 2.05) is 6.92 Å². The van der Waals surface area contributed by atoms with Crippen LogP contribution in [0.25, 0.3) is 5.69 Å². The molecule has 0 saturated heterocycles. The normalized spacial score (nSPS) is 11.0. The third-order valence-corrected chi connectivity index (χ3v) is 5.62. The summed E-state index contributed by atoms with van der Waals surface area (Å²) < 4.78 is 1.71. The minimum Gasteiger partial charge on any atom is -0.493 e. The van der Waals surface area contributed by atoms with Gasteiger partial charge < -0.3 is 5.11 Å². The van der Waals surface area contributed by atoms with Crippen molar-refractivity contribution in [1.82, 2.24) is 15.0 Å². The molecule has 3 N–H and O–H groups in total. The number of rotatable bonds is 5. The molecule has 3 aromatic rings. The van der Waals surface area contributed by atoms with Crippen LogP contribution in [0.5, 0.6) is 5.88 Å². The number of nitrogens with one attached hydrogen (secondary N) is 2. The van der Waals surface area contributed by atoms with E-state index in [9.17, 15) is 29.6 Å². The maximum atomic E-state index is 12.4. The number of hydrogen-bond acceptors (Lipinski definition) is 7. The van der Waals surface area contributed by atoms with E-state index in [0.29, 0.717) is 11.3 Å². The molecule has 11 nitrogen and oxygen atoms in total. The summed E-state index contributed by atoms with van der Waals surface area (Å²) in [7, 11) is 0. The second-order valence-electron chi connectivity index (χ2n) is 6.62. The predicted molar refractivity (Wildman–Crippen MR) is 120 cm³/mol. The number of benzene rings is 2. The number of carbonyl (C=O) groups excluding carboxylic acids is 1. The van der Waals surface area contributed by atoms with Crippen LogP contribution in [0.3, 0.4) is 0 Å². The average Bonchev–Trinajstić information content (AvgIpc) is 2.75. The monoisotopic (exact) mass is 501 g/mol. The van der Waals surface area contributed by atoms with Crippen LogP contribution >= 0.6 is 15.9 Å². The summed E-state index contributed by atoms with van der Waals surface area (Å²) >= 11 is 3.39. The number of aromatic amines is 1. The molecule has 0 bridgehead atoms. The number of H-pyrrole nitrogens is 1. The van der Waals surface area contributed by atoms with Crippen molar-refractivity contribution in [3.05, 3.63) is 94.1 Å². The highest BCUT2D eigenvalue weighted by atomic mass is 79.9. The molecule has 0 saturated carbocycles. The molecule has 164 valence electrons. The van der Waals surface area contributed by atoms with E-state index in [0.717, 1.165) is 26.9 Å². The second kappa shape index (κ2) is 8.98. The molecule has 2 aromatic carbocycles. The quantitative estimate of drug-likeness (QED) is 0.276. The van der Waals surface area contributed by atoms with Crippen molar-refractivity contribution < 1.29 is 14.8 Å². The standard InChI is InChI=1S/C20H16BrN5O6/c1-10-11(2)15(8-7-14(10)21)25-19(29)13(17(27)23-20(25)30)9-22-24-18(28)12-5-3-4-6-16(12)26(31)32/h3-9,29H,1-2H3,(H,24,28)(H,23,27,30). The Hall–Kier alpha value is -4.06. The van der Waals surface area contributed by atoms with Crippen LogP contribution < -0.4 is 16.7 Å². The number of aromatic nitrogens is 2. The smallest absolute Gasteiger partial charge is 0.335 e. The molecule has 0 aliphatic carbocycles. The van der Waals surface area contributed by atoms with Crippen LogP contribution in [0.4, 0.5) is 5.69 Å². The summed E-state index contributed by atoms with van der Waals surface area (Å²) in [4.78, 5) is 49.3. The Morgan fingerprint density at radius 3 is 2.59 bits per heavy atom. The number of aromatic hydroxyl groups is 1. The fraction of sp³-hybridized carbons (Fsp3) is 0.100. The molecule has 0 atom stereocenters. The van der Waals surface area contributed by atoms with Gasteiger partial charge in [0.05, 0.1) is 16.8 Å². The maximum absolute atomic E-state index is 12.4. The Kier molecular flexibility index (Phi) is 6.35. The second-order valence-corrected chi connectivity index (χ2v) is 7.48. The van der Waals surface area contributed by atoms with Gasteiger partial charge in [0.25, 0.3) is 17.2 Å². The van der Waals surface area contributed by atoms with Crippen LogP contribution in [-0.2, 0) is 0 Å². The van der Waals surface area contributed by atoms with E-state index < -0.39 is 39.2 Å². The third-order valence-electron chi connectivity index (χ3n) is 4.76. The first-order chi connectivity index (χ1) is 15.1. The Morgan fingerprint density at radius 1 is 1.22 bits per heavy atom. The van der Waals surface area contributed by atoms with Gasteiger partial charge in [-0.1, -0.05) is 28.1 Å². The van der Waals surface area contributed by atoms with E-state index in [4.69, 9.17) is 0 Å². The van der Waals surface area contributed by atoms with E-state index in [2.05, 4.69) is 31.4 Å². The number of nitro benzene ring substituents is 1. The summed E-state index contributed by atoms with van der Waals surface area (Å²) in [5, 5.41) is 25.3. The van der Waals surface area contributed by atoms with Gasteiger partial charge in [-0.2, -0.15) is 5.10 Å². The Labute approximate surface area is 188 Å². The van der Waals surface area contributed by atoms with E-state index in [1.165, 1.54) is 18.2 Å². The van der Waals surface area contributed by atoms with Crippen LogP contribution in [0.1, 0.15) is 27.0 Å². The van der Waals surface area contributed by atoms with Crippen molar-refractivity contribution in [3.8, 4) is 11.6 Å². The molecule has 0 aliphatic rings. The highest BCUT2D eigenvalue weighted by molar-refractivity contribution is 9.10. The molecule has 0 spiro atoms. The highest BCUT2D eigenvalue weighted by Crippen LogP contribution is 2.26. The van der Waals surface area contributed by atoms with Crippen LogP contribution in [0.15, 0.2) is 55.6 Å². The number of amides is 1. The number of halogens is 1. The van der Waals surface area contributed by atoms with E-state index in [-0.39, 0.29) is 5.56 Å². The molecule has 1 aromatic heterocycles. The van der Waals surface area contributed by atoms with Gasteiger partial charge in [0.15, 0.2) is 0 Å². The van der Waals surface area contributed by atoms with Gasteiger partial charge in [-0.3, -0.25) is 24.7 Å². The van der Waals surface area contributed by atoms with Crippen molar-refractivity contribution in [2.75, 3.05) is 0 Å². The van der Waals surface area contributed by atoms with Gasteiger partial charge in [0.1, 0.15) is 11.1 Å². The fourth-order valence-corrected chi connectivity index (χ4v) is 3.36. The lowest BCUT2D eigenvalue weighted by Crippen LogP contribution is -2.32. The molecule has 3 rings (SSSR count). The summed E-state index contributed by atoms with van der Waals surface area (Å²) in [5.41, 5.74) is 1.06. The topological polar surface area (TPSA) is 160 Å². The van der Waals surface area contributed by atoms with Crippen LogP contribution in [-0.4, -0.2) is 31.7 Å². The molecule has 1 heterocycles. The molecule has 0 fully saturated rings. The summed E-state index contributed by atoms with van der Waals surface area (Å²) in [6, 6.07) is 8.53. The molecule has 0 unspecified atom stereocenters. The first-order valence-electron chi connectivity index (χ1n) is 9.04. The summed E-state index contributed by atoms with van der Waals surface area (Å²) in [6.07, 6.45) is 0.845. The lowest BCUT2D eigenvalue weighted by Gasteiger charge is -2.14. The first-order valence-corrected chi connectivity index (χ1v) is 9.84. The molecule has 0 aliphatic heterocycles. The molecule has 12 heteroatoms. The zero-order valence-corrected chi connectivity index (χ0v) is 18.3. The Morgan fingerprint density at radius 2 is 1.91 bits per heavy atom. The van der Waals surface area contributed by atoms with Gasteiger partial charge in [0.2, 0.25) is 5.88 Å². The average molecular weight is 502 g/mol. The minimum atomic E-state index is -0.932. The number of nitrogens with zero attached hydrogens (tertiary/aromatic N) is 3. The van der Waals surface area contributed by atoms with Gasteiger partial charge in [0, 0.05) is 10.5 Å². The SMILES string of the molecule is Cc1c(Br)ccc(-n2c(O)c(C=NNC(=O)c3ccccc3[N+](=O)[O-])c(=O)[nH]c2=O)c1C. The molecule has 32 heavy (non-hydrogen) atoms. The summed E-state index contributed by atoms with van der Waals surface area (Å²) in [6.45, 7) is 3.56. The van der Waals surface area contributed by atoms with Crippen molar-refractivity contribution in [1.29, 1.82) is 0 Å². The number of hydrogen-bond donors (Lipinski definition) is 3. The lowest BCUT2D eigenvalue weighted by molar-refractivity contribution is -0.385. The van der Waals surface area contributed by atoms with Crippen LogP contribution in [0.2, 0.25) is 0 Å².